The van der Waals surface area contributed by atoms with E-state index in [0.29, 0.717) is 18.1 Å². The predicted molar refractivity (Wildman–Crippen MR) is 53.3 cm³/mol. The van der Waals surface area contributed by atoms with E-state index >= 15 is 0 Å². The van der Waals surface area contributed by atoms with Crippen LogP contribution >= 0.6 is 0 Å². The number of hydrogen-bond donors (Lipinski definition) is 3. The second-order valence-corrected chi connectivity index (χ2v) is 3.07. The van der Waals surface area contributed by atoms with Crippen LogP contribution in [0.4, 0.5) is 0 Å². The standard InChI is InChI=1S/C8H11N7O/c1-2-5-12-7(15-14-5)8(16)9-3-6-10-4-11-13-6/h4H,2-3H2,1H3,(H,9,16)(H,10,11,13)(H,12,14,15). The molecule has 0 aliphatic heterocycles. The first-order valence-electron chi connectivity index (χ1n) is 4.83. The highest BCUT2D eigenvalue weighted by Crippen LogP contribution is 1.94. The number of amides is 1. The van der Waals surface area contributed by atoms with E-state index in [1.54, 1.807) is 0 Å². The Kier molecular flexibility index (Phi) is 2.90. The fraction of sp³-hybridized carbons (Fsp3) is 0.375. The summed E-state index contributed by atoms with van der Waals surface area (Å²) in [5.74, 6) is 1.06. The molecule has 16 heavy (non-hydrogen) atoms. The fourth-order valence-electron chi connectivity index (χ4n) is 1.11. The molecule has 3 N–H and O–H groups in total. The number of aryl methyl sites for hydroxylation is 1. The maximum Gasteiger partial charge on any atom is 0.291 e. The predicted octanol–water partition coefficient (Wildman–Crippen LogP) is -0.585. The van der Waals surface area contributed by atoms with E-state index < -0.39 is 0 Å². The lowest BCUT2D eigenvalue weighted by molar-refractivity contribution is 0.0940. The van der Waals surface area contributed by atoms with Gasteiger partial charge in [-0.05, 0) is 0 Å². The van der Waals surface area contributed by atoms with Gasteiger partial charge >= 0.3 is 0 Å². The molecule has 0 bridgehead atoms. The number of rotatable bonds is 4. The zero-order valence-electron chi connectivity index (χ0n) is 8.69. The van der Waals surface area contributed by atoms with Crippen molar-refractivity contribution in [3.63, 3.8) is 0 Å². The molecule has 0 saturated carbocycles. The molecule has 2 aromatic heterocycles. The van der Waals surface area contributed by atoms with Gasteiger partial charge in [0.2, 0.25) is 5.82 Å². The third-order valence-corrected chi connectivity index (χ3v) is 1.95. The SMILES string of the molecule is CCc1nc(C(=O)NCc2ncn[nH]2)n[nH]1. The van der Waals surface area contributed by atoms with E-state index in [0.717, 1.165) is 0 Å². The Morgan fingerprint density at radius 3 is 2.94 bits per heavy atom. The Hall–Kier alpha value is -2.25. The highest BCUT2D eigenvalue weighted by Gasteiger charge is 2.11. The van der Waals surface area contributed by atoms with Crippen LogP contribution in [0.3, 0.4) is 0 Å². The van der Waals surface area contributed by atoms with Gasteiger partial charge in [0, 0.05) is 6.42 Å². The number of nitrogens with one attached hydrogen (secondary N) is 3. The van der Waals surface area contributed by atoms with Crippen LogP contribution < -0.4 is 5.32 Å². The first-order valence-corrected chi connectivity index (χ1v) is 4.83. The van der Waals surface area contributed by atoms with Gasteiger partial charge in [0.15, 0.2) is 0 Å². The van der Waals surface area contributed by atoms with E-state index in [1.807, 2.05) is 6.92 Å². The van der Waals surface area contributed by atoms with Gasteiger partial charge in [0.1, 0.15) is 18.0 Å². The summed E-state index contributed by atoms with van der Waals surface area (Å²) in [5.41, 5.74) is 0. The van der Waals surface area contributed by atoms with Crippen LogP contribution in [0.25, 0.3) is 0 Å². The van der Waals surface area contributed by atoms with Crippen molar-refractivity contribution in [1.82, 2.24) is 35.7 Å². The highest BCUT2D eigenvalue weighted by molar-refractivity contribution is 5.90. The third-order valence-electron chi connectivity index (χ3n) is 1.95. The van der Waals surface area contributed by atoms with Crippen molar-refractivity contribution in [3.05, 3.63) is 23.8 Å². The molecule has 0 fully saturated rings. The Morgan fingerprint density at radius 2 is 2.31 bits per heavy atom. The van der Waals surface area contributed by atoms with Crippen molar-refractivity contribution in [2.75, 3.05) is 0 Å². The van der Waals surface area contributed by atoms with Crippen molar-refractivity contribution in [3.8, 4) is 0 Å². The Morgan fingerprint density at radius 1 is 1.44 bits per heavy atom. The lowest BCUT2D eigenvalue weighted by atomic mass is 10.4. The first-order chi connectivity index (χ1) is 7.79. The molecule has 0 saturated heterocycles. The minimum atomic E-state index is -0.340. The summed E-state index contributed by atoms with van der Waals surface area (Å²) in [6.45, 7) is 2.20. The molecular weight excluding hydrogens is 210 g/mol. The third kappa shape index (κ3) is 2.22. The fourth-order valence-corrected chi connectivity index (χ4v) is 1.11. The van der Waals surface area contributed by atoms with Crippen LogP contribution in [-0.4, -0.2) is 36.3 Å². The van der Waals surface area contributed by atoms with Gasteiger partial charge in [-0.3, -0.25) is 15.0 Å². The van der Waals surface area contributed by atoms with Crippen molar-refractivity contribution < 1.29 is 4.79 Å². The largest absolute Gasteiger partial charge is 0.342 e. The summed E-state index contributed by atoms with van der Waals surface area (Å²) < 4.78 is 0. The molecule has 0 aliphatic rings. The number of H-pyrrole nitrogens is 2. The van der Waals surface area contributed by atoms with Gasteiger partial charge in [-0.25, -0.2) is 9.97 Å². The molecule has 0 aliphatic carbocycles. The molecule has 84 valence electrons. The quantitative estimate of drug-likeness (QED) is 0.639. The Labute approximate surface area is 90.9 Å². The topological polar surface area (TPSA) is 112 Å². The average Bonchev–Trinajstić information content (AvgIpc) is 2.96. The average molecular weight is 221 g/mol. The van der Waals surface area contributed by atoms with Crippen LogP contribution in [0.1, 0.15) is 29.2 Å². The number of carbonyl (C=O) groups is 1. The number of carbonyl (C=O) groups excluding carboxylic acids is 1. The molecule has 0 aromatic carbocycles. The van der Waals surface area contributed by atoms with E-state index in [1.165, 1.54) is 6.33 Å². The van der Waals surface area contributed by atoms with Crippen molar-refractivity contribution in [2.24, 2.45) is 0 Å². The molecule has 2 heterocycles. The maximum atomic E-state index is 11.6. The Balaban J connectivity index is 1.93. The lowest BCUT2D eigenvalue weighted by Crippen LogP contribution is -2.24. The van der Waals surface area contributed by atoms with Gasteiger partial charge < -0.3 is 5.32 Å². The number of aromatic nitrogens is 6. The highest BCUT2D eigenvalue weighted by atomic mass is 16.2. The van der Waals surface area contributed by atoms with Crippen LogP contribution in [0.2, 0.25) is 0 Å². The lowest BCUT2D eigenvalue weighted by Gasteiger charge is -1.97. The van der Waals surface area contributed by atoms with Gasteiger partial charge in [-0.2, -0.15) is 5.10 Å². The summed E-state index contributed by atoms with van der Waals surface area (Å²) in [5, 5.41) is 15.4. The molecule has 0 spiro atoms. The van der Waals surface area contributed by atoms with Crippen LogP contribution in [0.5, 0.6) is 0 Å². The first kappa shape index (κ1) is 10.3. The number of nitrogens with zero attached hydrogens (tertiary/aromatic N) is 4. The van der Waals surface area contributed by atoms with Gasteiger partial charge in [-0.15, -0.1) is 5.10 Å². The zero-order valence-corrected chi connectivity index (χ0v) is 8.69. The van der Waals surface area contributed by atoms with Crippen LogP contribution in [0.15, 0.2) is 6.33 Å². The molecule has 2 aromatic rings. The normalized spacial score (nSPS) is 10.3. The van der Waals surface area contributed by atoms with Crippen molar-refractivity contribution >= 4 is 5.91 Å². The van der Waals surface area contributed by atoms with Crippen molar-refractivity contribution in [2.45, 2.75) is 19.9 Å². The second-order valence-electron chi connectivity index (χ2n) is 3.07. The summed E-state index contributed by atoms with van der Waals surface area (Å²) in [6, 6.07) is 0. The minimum absolute atomic E-state index is 0.136. The second kappa shape index (κ2) is 4.51. The number of hydrogen-bond acceptors (Lipinski definition) is 5. The van der Waals surface area contributed by atoms with E-state index in [4.69, 9.17) is 0 Å². The summed E-state index contributed by atoms with van der Waals surface area (Å²) >= 11 is 0. The molecule has 0 radical (unpaired) electrons. The minimum Gasteiger partial charge on any atom is -0.342 e. The number of aromatic amines is 2. The van der Waals surface area contributed by atoms with E-state index in [-0.39, 0.29) is 18.3 Å². The smallest absolute Gasteiger partial charge is 0.291 e. The molecule has 2 rings (SSSR count). The molecule has 0 unspecified atom stereocenters. The maximum absolute atomic E-state index is 11.6. The van der Waals surface area contributed by atoms with E-state index in [9.17, 15) is 4.79 Å². The monoisotopic (exact) mass is 221 g/mol. The van der Waals surface area contributed by atoms with Crippen LogP contribution in [-0.2, 0) is 13.0 Å². The zero-order chi connectivity index (χ0) is 11.4. The molecular formula is C8H11N7O. The summed E-state index contributed by atoms with van der Waals surface area (Å²) in [7, 11) is 0. The van der Waals surface area contributed by atoms with Crippen molar-refractivity contribution in [1.29, 1.82) is 0 Å². The molecule has 8 heteroatoms. The molecule has 1 amide bonds. The summed E-state index contributed by atoms with van der Waals surface area (Å²) in [6.07, 6.45) is 2.09. The van der Waals surface area contributed by atoms with Crippen LogP contribution in [0, 0.1) is 0 Å². The van der Waals surface area contributed by atoms with Gasteiger partial charge in [0.25, 0.3) is 5.91 Å². The molecule has 8 nitrogen and oxygen atoms in total. The van der Waals surface area contributed by atoms with Gasteiger partial charge in [0.05, 0.1) is 6.54 Å². The van der Waals surface area contributed by atoms with E-state index in [2.05, 4.69) is 35.7 Å². The molecule has 0 atom stereocenters. The summed E-state index contributed by atoms with van der Waals surface area (Å²) in [4.78, 5) is 19.4. The van der Waals surface area contributed by atoms with Gasteiger partial charge in [-0.1, -0.05) is 6.92 Å². The Bertz CT molecular complexity index is 460.